The Labute approximate surface area is 123 Å². The second-order valence-corrected chi connectivity index (χ2v) is 6.73. The lowest BCUT2D eigenvalue weighted by atomic mass is 9.49. The van der Waals surface area contributed by atoms with E-state index >= 15 is 0 Å². The molecule has 0 atom stereocenters. The molecule has 3 nitrogen and oxygen atoms in total. The first kappa shape index (κ1) is 13.7. The maximum absolute atomic E-state index is 11.9. The molecular formula is C16H19ClO3. The van der Waals surface area contributed by atoms with Crippen LogP contribution in [-0.4, -0.2) is 18.2 Å². The maximum atomic E-state index is 11.9. The van der Waals surface area contributed by atoms with Gasteiger partial charge in [-0.25, -0.2) is 0 Å². The highest BCUT2D eigenvalue weighted by atomic mass is 35.5. The molecule has 2 aliphatic carbocycles. The number of halogens is 1. The predicted octanol–water partition coefficient (Wildman–Crippen LogP) is 4.03. The normalized spacial score (nSPS) is 22.5. The van der Waals surface area contributed by atoms with Crippen molar-refractivity contribution in [2.24, 2.45) is 5.41 Å². The lowest BCUT2D eigenvalue weighted by Gasteiger charge is -2.53. The van der Waals surface area contributed by atoms with Gasteiger partial charge in [0.15, 0.2) is 0 Å². The van der Waals surface area contributed by atoms with E-state index in [2.05, 4.69) is 0 Å². The van der Waals surface area contributed by atoms with Crippen LogP contribution in [-0.2, 0) is 10.2 Å². The summed E-state index contributed by atoms with van der Waals surface area (Å²) in [6.07, 6.45) is 6.19. The van der Waals surface area contributed by atoms with Gasteiger partial charge in [-0.2, -0.15) is 0 Å². The summed E-state index contributed by atoms with van der Waals surface area (Å²) >= 11 is 6.07. The quantitative estimate of drug-likeness (QED) is 0.915. The summed E-state index contributed by atoms with van der Waals surface area (Å²) in [6.45, 7) is 0. The van der Waals surface area contributed by atoms with Crippen LogP contribution >= 0.6 is 11.6 Å². The van der Waals surface area contributed by atoms with Crippen LogP contribution in [0.25, 0.3) is 0 Å². The molecule has 2 saturated carbocycles. The summed E-state index contributed by atoms with van der Waals surface area (Å²) < 4.78 is 5.36. The molecule has 0 saturated heterocycles. The molecule has 0 amide bonds. The molecule has 0 aromatic heterocycles. The number of methoxy groups -OCH3 is 1. The second kappa shape index (κ2) is 4.66. The SMILES string of the molecule is COc1ccc(Cl)cc1C1(C(=O)O)CC2(CCCC2)C1. The summed E-state index contributed by atoms with van der Waals surface area (Å²) in [7, 11) is 1.58. The largest absolute Gasteiger partial charge is 0.496 e. The molecule has 0 unspecified atom stereocenters. The summed E-state index contributed by atoms with van der Waals surface area (Å²) in [5.41, 5.74) is 0.157. The van der Waals surface area contributed by atoms with Crippen LogP contribution < -0.4 is 4.74 Å². The molecule has 2 aliphatic rings. The van der Waals surface area contributed by atoms with Crippen LogP contribution in [0.5, 0.6) is 5.75 Å². The van der Waals surface area contributed by atoms with Gasteiger partial charge in [0, 0.05) is 10.6 Å². The summed E-state index contributed by atoms with van der Waals surface area (Å²) in [5, 5.41) is 10.4. The topological polar surface area (TPSA) is 46.5 Å². The number of ether oxygens (including phenoxy) is 1. The van der Waals surface area contributed by atoms with E-state index in [1.54, 1.807) is 25.3 Å². The van der Waals surface area contributed by atoms with E-state index in [1.807, 2.05) is 0 Å². The molecule has 3 rings (SSSR count). The van der Waals surface area contributed by atoms with Crippen molar-refractivity contribution in [2.45, 2.75) is 43.9 Å². The summed E-state index contributed by atoms with van der Waals surface area (Å²) in [5.74, 6) is -0.125. The van der Waals surface area contributed by atoms with Crippen LogP contribution in [0.2, 0.25) is 5.02 Å². The Morgan fingerprint density at radius 2 is 1.95 bits per heavy atom. The van der Waals surface area contributed by atoms with Crippen molar-refractivity contribution < 1.29 is 14.6 Å². The van der Waals surface area contributed by atoms with Gasteiger partial charge in [-0.1, -0.05) is 24.4 Å². The number of aliphatic carboxylic acids is 1. The van der Waals surface area contributed by atoms with Gasteiger partial charge in [0.25, 0.3) is 0 Å². The molecule has 0 radical (unpaired) electrons. The van der Waals surface area contributed by atoms with E-state index in [9.17, 15) is 9.90 Å². The molecule has 2 fully saturated rings. The van der Waals surface area contributed by atoms with E-state index < -0.39 is 11.4 Å². The number of carboxylic acid groups (broad SMARTS) is 1. The number of carboxylic acids is 1. The standard InChI is InChI=1S/C16H19ClO3/c1-20-13-5-4-11(17)8-12(13)16(14(18)19)9-15(10-16)6-2-3-7-15/h4-5,8H,2-3,6-7,9-10H2,1H3,(H,18,19). The highest BCUT2D eigenvalue weighted by Gasteiger charge is 2.61. The molecule has 0 bridgehead atoms. The third-order valence-corrected chi connectivity index (χ3v) is 5.34. The number of rotatable bonds is 3. The van der Waals surface area contributed by atoms with Gasteiger partial charge in [0.05, 0.1) is 12.5 Å². The monoisotopic (exact) mass is 294 g/mol. The van der Waals surface area contributed by atoms with Gasteiger partial charge in [0.1, 0.15) is 5.75 Å². The Kier molecular flexibility index (Phi) is 3.20. The van der Waals surface area contributed by atoms with E-state index in [-0.39, 0.29) is 5.41 Å². The van der Waals surface area contributed by atoms with Crippen molar-refractivity contribution in [2.75, 3.05) is 7.11 Å². The Balaban J connectivity index is 2.01. The Morgan fingerprint density at radius 3 is 2.50 bits per heavy atom. The molecule has 1 aromatic carbocycles. The van der Waals surface area contributed by atoms with Crippen LogP contribution in [0.4, 0.5) is 0 Å². The smallest absolute Gasteiger partial charge is 0.314 e. The third kappa shape index (κ3) is 1.91. The lowest BCUT2D eigenvalue weighted by Crippen LogP contribution is -2.53. The van der Waals surface area contributed by atoms with Crippen molar-refractivity contribution in [1.82, 2.24) is 0 Å². The van der Waals surface area contributed by atoms with E-state index in [4.69, 9.17) is 16.3 Å². The zero-order valence-corrected chi connectivity index (χ0v) is 12.4. The Bertz CT molecular complexity index is 539. The zero-order valence-electron chi connectivity index (χ0n) is 11.6. The van der Waals surface area contributed by atoms with Gasteiger partial charge >= 0.3 is 5.97 Å². The van der Waals surface area contributed by atoms with E-state index in [0.717, 1.165) is 18.4 Å². The fourth-order valence-electron chi connectivity index (χ4n) is 4.22. The second-order valence-electron chi connectivity index (χ2n) is 6.29. The predicted molar refractivity (Wildman–Crippen MR) is 77.5 cm³/mol. The average molecular weight is 295 g/mol. The van der Waals surface area contributed by atoms with Crippen molar-refractivity contribution in [3.8, 4) is 5.75 Å². The fourth-order valence-corrected chi connectivity index (χ4v) is 4.39. The molecule has 108 valence electrons. The van der Waals surface area contributed by atoms with Crippen LogP contribution in [0.1, 0.15) is 44.1 Å². The average Bonchev–Trinajstić information content (AvgIpc) is 2.85. The molecule has 1 aromatic rings. The number of hydrogen-bond donors (Lipinski definition) is 1. The minimum atomic E-state index is -0.819. The molecule has 1 N–H and O–H groups in total. The zero-order chi connectivity index (χ0) is 14.4. The highest BCUT2D eigenvalue weighted by molar-refractivity contribution is 6.30. The summed E-state index contributed by atoms with van der Waals surface area (Å²) in [6, 6.07) is 5.27. The first-order chi connectivity index (χ1) is 9.51. The molecule has 20 heavy (non-hydrogen) atoms. The minimum Gasteiger partial charge on any atom is -0.496 e. The number of benzene rings is 1. The maximum Gasteiger partial charge on any atom is 0.314 e. The van der Waals surface area contributed by atoms with E-state index in [0.29, 0.717) is 23.6 Å². The van der Waals surface area contributed by atoms with Crippen LogP contribution in [0, 0.1) is 5.41 Å². The minimum absolute atomic E-state index is 0.242. The molecule has 0 heterocycles. The Hall–Kier alpha value is -1.22. The molecule has 4 heteroatoms. The van der Waals surface area contributed by atoms with Gasteiger partial charge in [-0.3, -0.25) is 4.79 Å². The molecule has 1 spiro atoms. The van der Waals surface area contributed by atoms with Crippen LogP contribution in [0.15, 0.2) is 18.2 Å². The number of hydrogen-bond acceptors (Lipinski definition) is 2. The fraction of sp³-hybridized carbons (Fsp3) is 0.562. The summed E-state index contributed by atoms with van der Waals surface area (Å²) in [4.78, 5) is 11.9. The van der Waals surface area contributed by atoms with Crippen LogP contribution in [0.3, 0.4) is 0 Å². The van der Waals surface area contributed by atoms with Crippen molar-refractivity contribution in [3.05, 3.63) is 28.8 Å². The van der Waals surface area contributed by atoms with E-state index in [1.165, 1.54) is 12.8 Å². The third-order valence-electron chi connectivity index (χ3n) is 5.10. The van der Waals surface area contributed by atoms with Crippen molar-refractivity contribution in [1.29, 1.82) is 0 Å². The molecular weight excluding hydrogens is 276 g/mol. The van der Waals surface area contributed by atoms with Gasteiger partial charge in [-0.05, 0) is 49.3 Å². The first-order valence-electron chi connectivity index (χ1n) is 7.09. The van der Waals surface area contributed by atoms with Crippen molar-refractivity contribution in [3.63, 3.8) is 0 Å². The Morgan fingerprint density at radius 1 is 1.30 bits per heavy atom. The van der Waals surface area contributed by atoms with Crippen molar-refractivity contribution >= 4 is 17.6 Å². The molecule has 0 aliphatic heterocycles. The van der Waals surface area contributed by atoms with Gasteiger partial charge in [-0.15, -0.1) is 0 Å². The first-order valence-corrected chi connectivity index (χ1v) is 7.47. The van der Waals surface area contributed by atoms with Gasteiger partial charge < -0.3 is 9.84 Å². The van der Waals surface area contributed by atoms with Gasteiger partial charge in [0.2, 0.25) is 0 Å². The highest BCUT2D eigenvalue weighted by Crippen LogP contribution is 2.64. The lowest BCUT2D eigenvalue weighted by molar-refractivity contribution is -0.154. The number of carbonyl (C=O) groups is 1.